The van der Waals surface area contributed by atoms with Crippen molar-refractivity contribution < 1.29 is 8.78 Å². The van der Waals surface area contributed by atoms with E-state index in [0.717, 1.165) is 30.6 Å². The first-order valence-corrected chi connectivity index (χ1v) is 11.9. The number of alkyl halides is 2. The molecule has 4 fully saturated rings. The standard InChI is InChI=1S/C26H32F2N4/c1-17(31-24(29)18-5-6-18)26-12-9-25(10-13-26,11-14-26)16-30-20-4-2-3-19(15-20)21-7-8-22(32-21)23(27)28/h2-4,8,15,18,23,29-30H,5-7,9-14,16H2,1H3/b29-24?,31-17+. The van der Waals surface area contributed by atoms with Gasteiger partial charge in [-0.1, -0.05) is 18.2 Å². The molecule has 4 saturated carbocycles. The van der Waals surface area contributed by atoms with Crippen LogP contribution in [0.1, 0.15) is 70.3 Å². The zero-order valence-electron chi connectivity index (χ0n) is 18.8. The van der Waals surface area contributed by atoms with Gasteiger partial charge in [-0.25, -0.2) is 13.8 Å². The fraction of sp³-hybridized carbons (Fsp3) is 0.577. The number of hydrogen-bond donors (Lipinski definition) is 2. The molecule has 0 amide bonds. The molecule has 1 aromatic rings. The maximum atomic E-state index is 12.9. The third kappa shape index (κ3) is 4.16. The average Bonchev–Trinajstić information content (AvgIpc) is 3.55. The molecule has 32 heavy (non-hydrogen) atoms. The Morgan fingerprint density at radius 3 is 2.53 bits per heavy atom. The molecule has 4 aliphatic carbocycles. The van der Waals surface area contributed by atoms with Crippen LogP contribution in [0.5, 0.6) is 0 Å². The molecule has 6 heteroatoms. The molecule has 0 atom stereocenters. The molecular formula is C26H32F2N4. The van der Waals surface area contributed by atoms with Crippen molar-refractivity contribution in [2.45, 2.75) is 71.1 Å². The van der Waals surface area contributed by atoms with E-state index in [1.165, 1.54) is 50.3 Å². The third-order valence-corrected chi connectivity index (χ3v) is 8.28. The Kier molecular flexibility index (Phi) is 5.50. The van der Waals surface area contributed by atoms with Crippen LogP contribution >= 0.6 is 0 Å². The van der Waals surface area contributed by atoms with Crippen LogP contribution in [-0.2, 0) is 0 Å². The second kappa shape index (κ2) is 8.20. The first-order valence-electron chi connectivity index (χ1n) is 11.9. The van der Waals surface area contributed by atoms with Gasteiger partial charge in [-0.05, 0) is 81.4 Å². The number of nitrogens with zero attached hydrogens (tertiary/aromatic N) is 2. The Balaban J connectivity index is 1.20. The summed E-state index contributed by atoms with van der Waals surface area (Å²) in [4.78, 5) is 8.85. The largest absolute Gasteiger partial charge is 0.384 e. The Hall–Kier alpha value is -2.37. The fourth-order valence-corrected chi connectivity index (χ4v) is 5.69. The predicted octanol–water partition coefficient (Wildman–Crippen LogP) is 6.63. The summed E-state index contributed by atoms with van der Waals surface area (Å²) in [5.41, 5.74) is 4.26. The van der Waals surface area contributed by atoms with E-state index in [0.29, 0.717) is 29.3 Å². The Bertz CT molecular complexity index is 978. The zero-order valence-corrected chi connectivity index (χ0v) is 18.8. The van der Waals surface area contributed by atoms with Crippen molar-refractivity contribution >= 4 is 22.9 Å². The van der Waals surface area contributed by atoms with Crippen LogP contribution in [0.2, 0.25) is 0 Å². The van der Waals surface area contributed by atoms with Crippen LogP contribution in [0.4, 0.5) is 14.5 Å². The average molecular weight is 439 g/mol. The lowest BCUT2D eigenvalue weighted by Gasteiger charge is -2.53. The predicted molar refractivity (Wildman–Crippen MR) is 126 cm³/mol. The molecule has 2 bridgehead atoms. The molecule has 1 heterocycles. The molecule has 1 aliphatic heterocycles. The van der Waals surface area contributed by atoms with Crippen molar-refractivity contribution in [2.75, 3.05) is 11.9 Å². The number of anilines is 1. The van der Waals surface area contributed by atoms with Gasteiger partial charge >= 0.3 is 0 Å². The fourth-order valence-electron chi connectivity index (χ4n) is 5.69. The SMILES string of the molecule is C/C(=N\C(=N)C1CC1)C12CCC(CNc3cccc(C4=NC(C(F)F)=CC4)c3)(CC1)CC2. The number of halogens is 2. The maximum Gasteiger partial charge on any atom is 0.280 e. The lowest BCUT2D eigenvalue weighted by molar-refractivity contribution is 0.0435. The van der Waals surface area contributed by atoms with E-state index in [-0.39, 0.29) is 11.1 Å². The minimum atomic E-state index is -2.51. The van der Waals surface area contributed by atoms with Gasteiger partial charge in [0.2, 0.25) is 0 Å². The van der Waals surface area contributed by atoms with E-state index < -0.39 is 6.43 Å². The minimum Gasteiger partial charge on any atom is -0.384 e. The van der Waals surface area contributed by atoms with Crippen molar-refractivity contribution in [1.82, 2.24) is 0 Å². The number of aliphatic imine (C=N–C) groups is 2. The van der Waals surface area contributed by atoms with E-state index in [9.17, 15) is 8.78 Å². The van der Waals surface area contributed by atoms with Crippen LogP contribution < -0.4 is 5.32 Å². The number of nitrogens with one attached hydrogen (secondary N) is 2. The molecule has 170 valence electrons. The van der Waals surface area contributed by atoms with Gasteiger partial charge in [0.1, 0.15) is 11.5 Å². The molecule has 0 saturated heterocycles. The molecule has 0 spiro atoms. The molecule has 0 aromatic heterocycles. The molecule has 1 aromatic carbocycles. The summed E-state index contributed by atoms with van der Waals surface area (Å²) >= 11 is 0. The van der Waals surface area contributed by atoms with E-state index in [4.69, 9.17) is 10.4 Å². The van der Waals surface area contributed by atoms with Gasteiger partial charge in [-0.15, -0.1) is 0 Å². The van der Waals surface area contributed by atoms with Gasteiger partial charge in [0.25, 0.3) is 6.43 Å². The number of amidine groups is 1. The van der Waals surface area contributed by atoms with Crippen LogP contribution in [0.25, 0.3) is 0 Å². The number of allylic oxidation sites excluding steroid dienone is 2. The molecule has 6 rings (SSSR count). The van der Waals surface area contributed by atoms with Crippen molar-refractivity contribution in [3.8, 4) is 0 Å². The molecular weight excluding hydrogens is 406 g/mol. The minimum absolute atomic E-state index is 0.115. The van der Waals surface area contributed by atoms with E-state index in [2.05, 4.69) is 17.2 Å². The number of benzene rings is 1. The van der Waals surface area contributed by atoms with Crippen molar-refractivity contribution in [3.05, 3.63) is 41.6 Å². The summed E-state index contributed by atoms with van der Waals surface area (Å²) in [6.45, 7) is 3.09. The highest BCUT2D eigenvalue weighted by molar-refractivity contribution is 6.04. The first-order chi connectivity index (χ1) is 15.4. The summed E-state index contributed by atoms with van der Waals surface area (Å²) in [6.07, 6.45) is 8.83. The first kappa shape index (κ1) is 21.5. The van der Waals surface area contributed by atoms with Gasteiger partial charge in [-0.3, -0.25) is 10.4 Å². The zero-order chi connectivity index (χ0) is 22.3. The topological polar surface area (TPSA) is 60.6 Å². The number of fused-ring (bicyclic) bond motifs is 3. The summed E-state index contributed by atoms with van der Waals surface area (Å²) in [7, 11) is 0. The van der Waals surface area contributed by atoms with Crippen molar-refractivity contribution in [1.29, 1.82) is 5.41 Å². The smallest absolute Gasteiger partial charge is 0.280 e. The summed E-state index contributed by atoms with van der Waals surface area (Å²) in [5.74, 6) is 1.02. The van der Waals surface area contributed by atoms with Crippen LogP contribution in [0, 0.1) is 22.2 Å². The lowest BCUT2D eigenvalue weighted by atomic mass is 9.52. The number of hydrogen-bond acceptors (Lipinski definition) is 3. The quantitative estimate of drug-likeness (QED) is 0.364. The highest BCUT2D eigenvalue weighted by Gasteiger charge is 2.50. The molecule has 5 aliphatic rings. The van der Waals surface area contributed by atoms with E-state index >= 15 is 0 Å². The van der Waals surface area contributed by atoms with Gasteiger partial charge in [0, 0.05) is 35.7 Å². The van der Waals surface area contributed by atoms with Gasteiger partial charge in [-0.2, -0.15) is 0 Å². The maximum absolute atomic E-state index is 12.9. The Morgan fingerprint density at radius 2 is 1.91 bits per heavy atom. The van der Waals surface area contributed by atoms with Crippen LogP contribution in [0.15, 0.2) is 46.0 Å². The summed E-state index contributed by atoms with van der Waals surface area (Å²) < 4.78 is 25.8. The van der Waals surface area contributed by atoms with E-state index in [1.54, 1.807) is 0 Å². The molecule has 0 unspecified atom stereocenters. The van der Waals surface area contributed by atoms with Gasteiger partial charge in [0.05, 0.1) is 5.71 Å². The highest BCUT2D eigenvalue weighted by Crippen LogP contribution is 2.57. The van der Waals surface area contributed by atoms with Crippen molar-refractivity contribution in [3.63, 3.8) is 0 Å². The van der Waals surface area contributed by atoms with Gasteiger partial charge < -0.3 is 5.32 Å². The third-order valence-electron chi connectivity index (χ3n) is 8.28. The monoisotopic (exact) mass is 438 g/mol. The highest BCUT2D eigenvalue weighted by atomic mass is 19.3. The van der Waals surface area contributed by atoms with E-state index in [1.807, 2.05) is 24.3 Å². The second-order valence-corrected chi connectivity index (χ2v) is 10.3. The van der Waals surface area contributed by atoms with Crippen LogP contribution in [-0.4, -0.2) is 30.2 Å². The molecule has 4 nitrogen and oxygen atoms in total. The summed E-state index contributed by atoms with van der Waals surface area (Å²) in [5, 5.41) is 11.8. The summed E-state index contributed by atoms with van der Waals surface area (Å²) in [6, 6.07) is 8.00. The number of rotatable bonds is 7. The van der Waals surface area contributed by atoms with Gasteiger partial charge in [0.15, 0.2) is 0 Å². The Morgan fingerprint density at radius 1 is 1.19 bits per heavy atom. The van der Waals surface area contributed by atoms with Crippen molar-refractivity contribution in [2.24, 2.45) is 26.7 Å². The molecule has 0 radical (unpaired) electrons. The second-order valence-electron chi connectivity index (χ2n) is 10.3. The van der Waals surface area contributed by atoms with Crippen LogP contribution in [0.3, 0.4) is 0 Å². The molecule has 2 N–H and O–H groups in total. The normalized spacial score (nSPS) is 29.8. The lowest BCUT2D eigenvalue weighted by Crippen LogP contribution is -2.48. The Labute approximate surface area is 188 Å².